The zero-order valence-electron chi connectivity index (χ0n) is 10.6. The van der Waals surface area contributed by atoms with E-state index in [4.69, 9.17) is 10.5 Å². The zero-order valence-corrected chi connectivity index (χ0v) is 10.6. The molecule has 2 aromatic carbocycles. The molecule has 104 valence electrons. The molecule has 3 nitrogen and oxygen atoms in total. The molecular formula is C15H13F2NO2. The van der Waals surface area contributed by atoms with Gasteiger partial charge in [-0.05, 0) is 23.8 Å². The number of rotatable bonds is 4. The van der Waals surface area contributed by atoms with Crippen molar-refractivity contribution in [2.45, 2.75) is 13.0 Å². The van der Waals surface area contributed by atoms with Gasteiger partial charge >= 0.3 is 5.97 Å². The molecule has 5 heteroatoms. The van der Waals surface area contributed by atoms with Crippen molar-refractivity contribution in [3.63, 3.8) is 0 Å². The normalized spacial score (nSPS) is 10.3. The zero-order chi connectivity index (χ0) is 14.5. The minimum Gasteiger partial charge on any atom is -0.460 e. The van der Waals surface area contributed by atoms with E-state index >= 15 is 0 Å². The van der Waals surface area contributed by atoms with Crippen LogP contribution in [0.3, 0.4) is 0 Å². The lowest BCUT2D eigenvalue weighted by Crippen LogP contribution is -2.09. The van der Waals surface area contributed by atoms with Crippen LogP contribution in [-0.2, 0) is 22.6 Å². The van der Waals surface area contributed by atoms with E-state index in [0.717, 1.165) is 6.07 Å². The summed E-state index contributed by atoms with van der Waals surface area (Å²) >= 11 is 0. The fourth-order valence-corrected chi connectivity index (χ4v) is 1.74. The minimum absolute atomic E-state index is 0.00549. The predicted octanol–water partition coefficient (Wildman–Crippen LogP) is 2.83. The molecule has 0 amide bonds. The van der Waals surface area contributed by atoms with Crippen molar-refractivity contribution in [3.8, 4) is 0 Å². The molecule has 0 heterocycles. The van der Waals surface area contributed by atoms with Crippen molar-refractivity contribution >= 4 is 11.7 Å². The third-order valence-corrected chi connectivity index (χ3v) is 2.72. The number of hydrogen-bond acceptors (Lipinski definition) is 3. The van der Waals surface area contributed by atoms with Gasteiger partial charge in [-0.3, -0.25) is 4.79 Å². The van der Waals surface area contributed by atoms with Crippen LogP contribution < -0.4 is 5.73 Å². The van der Waals surface area contributed by atoms with Gasteiger partial charge in [0.15, 0.2) is 11.6 Å². The van der Waals surface area contributed by atoms with E-state index in [1.54, 1.807) is 24.3 Å². The van der Waals surface area contributed by atoms with E-state index < -0.39 is 17.6 Å². The Balaban J connectivity index is 1.94. The van der Waals surface area contributed by atoms with E-state index in [-0.39, 0.29) is 18.6 Å². The summed E-state index contributed by atoms with van der Waals surface area (Å²) in [6.45, 7) is -0.301. The number of esters is 1. The van der Waals surface area contributed by atoms with Gasteiger partial charge in [0.05, 0.1) is 6.42 Å². The van der Waals surface area contributed by atoms with Gasteiger partial charge in [0, 0.05) is 11.3 Å². The number of carbonyl (C=O) groups excluding carboxylic acids is 1. The molecule has 0 atom stereocenters. The molecule has 0 aliphatic heterocycles. The lowest BCUT2D eigenvalue weighted by Gasteiger charge is -2.07. The number of anilines is 1. The number of halogens is 2. The first kappa shape index (κ1) is 14.0. The van der Waals surface area contributed by atoms with Crippen LogP contribution in [0, 0.1) is 11.6 Å². The predicted molar refractivity (Wildman–Crippen MR) is 70.7 cm³/mol. The lowest BCUT2D eigenvalue weighted by molar-refractivity contribution is -0.144. The first-order valence-electron chi connectivity index (χ1n) is 5.99. The van der Waals surface area contributed by atoms with Crippen molar-refractivity contribution in [2.75, 3.05) is 5.73 Å². The average Bonchev–Trinajstić information content (AvgIpc) is 2.40. The van der Waals surface area contributed by atoms with Crippen molar-refractivity contribution in [2.24, 2.45) is 0 Å². The molecule has 0 spiro atoms. The summed E-state index contributed by atoms with van der Waals surface area (Å²) in [7, 11) is 0. The van der Waals surface area contributed by atoms with Gasteiger partial charge in [0.1, 0.15) is 6.61 Å². The van der Waals surface area contributed by atoms with Crippen molar-refractivity contribution in [1.82, 2.24) is 0 Å². The molecule has 0 saturated heterocycles. The summed E-state index contributed by atoms with van der Waals surface area (Å²) in [5.41, 5.74) is 6.85. The Bertz CT molecular complexity index is 629. The van der Waals surface area contributed by atoms with Gasteiger partial charge in [0.25, 0.3) is 0 Å². The first-order chi connectivity index (χ1) is 9.56. The van der Waals surface area contributed by atoms with Gasteiger partial charge < -0.3 is 10.5 Å². The molecule has 0 bridgehead atoms. The third kappa shape index (κ3) is 3.54. The van der Waals surface area contributed by atoms with Crippen molar-refractivity contribution in [3.05, 3.63) is 65.2 Å². The Morgan fingerprint density at radius 3 is 2.65 bits per heavy atom. The van der Waals surface area contributed by atoms with Crippen LogP contribution in [0.15, 0.2) is 42.5 Å². The van der Waals surface area contributed by atoms with Gasteiger partial charge in [-0.1, -0.05) is 24.3 Å². The molecule has 2 N–H and O–H groups in total. The van der Waals surface area contributed by atoms with E-state index in [2.05, 4.69) is 0 Å². The average molecular weight is 277 g/mol. The second kappa shape index (κ2) is 6.14. The van der Waals surface area contributed by atoms with Crippen molar-refractivity contribution in [1.29, 1.82) is 0 Å². The maximum absolute atomic E-state index is 13.3. The Labute approximate surface area is 115 Å². The summed E-state index contributed by atoms with van der Waals surface area (Å²) in [6.07, 6.45) is 0.0297. The molecular weight excluding hydrogens is 264 g/mol. The minimum atomic E-state index is -0.996. The van der Waals surface area contributed by atoms with Crippen LogP contribution in [0.1, 0.15) is 11.1 Å². The van der Waals surface area contributed by atoms with E-state index in [1.807, 2.05) is 0 Å². The van der Waals surface area contributed by atoms with Gasteiger partial charge in [-0.25, -0.2) is 8.78 Å². The Hall–Kier alpha value is -2.43. The van der Waals surface area contributed by atoms with Crippen molar-refractivity contribution < 1.29 is 18.3 Å². The summed E-state index contributed by atoms with van der Waals surface area (Å²) in [5.74, 6) is -2.49. The second-order valence-corrected chi connectivity index (χ2v) is 4.30. The van der Waals surface area contributed by atoms with Crippen LogP contribution in [-0.4, -0.2) is 5.97 Å². The highest BCUT2D eigenvalue weighted by atomic mass is 19.2. The van der Waals surface area contributed by atoms with Gasteiger partial charge in [0.2, 0.25) is 0 Å². The number of hydrogen-bond donors (Lipinski definition) is 1. The quantitative estimate of drug-likeness (QED) is 0.690. The Morgan fingerprint density at radius 2 is 1.90 bits per heavy atom. The SMILES string of the molecule is Nc1cccc(CC(=O)OCc2cccc(F)c2F)c1. The molecule has 20 heavy (non-hydrogen) atoms. The van der Waals surface area contributed by atoms with Crippen LogP contribution in [0.4, 0.5) is 14.5 Å². The Morgan fingerprint density at radius 1 is 1.15 bits per heavy atom. The largest absolute Gasteiger partial charge is 0.460 e. The topological polar surface area (TPSA) is 52.3 Å². The summed E-state index contributed by atoms with van der Waals surface area (Å²) in [4.78, 5) is 11.6. The highest BCUT2D eigenvalue weighted by Gasteiger charge is 2.10. The molecule has 0 unspecified atom stereocenters. The van der Waals surface area contributed by atoms with E-state index in [1.165, 1.54) is 12.1 Å². The highest BCUT2D eigenvalue weighted by Crippen LogP contribution is 2.13. The summed E-state index contributed by atoms with van der Waals surface area (Å²) in [5, 5.41) is 0. The van der Waals surface area contributed by atoms with Crippen LogP contribution >= 0.6 is 0 Å². The number of carbonyl (C=O) groups is 1. The third-order valence-electron chi connectivity index (χ3n) is 2.72. The molecule has 0 radical (unpaired) electrons. The van der Waals surface area contributed by atoms with Crippen LogP contribution in [0.25, 0.3) is 0 Å². The van der Waals surface area contributed by atoms with Gasteiger partial charge in [-0.15, -0.1) is 0 Å². The number of nitrogen functional groups attached to an aromatic ring is 1. The molecule has 2 rings (SSSR count). The second-order valence-electron chi connectivity index (χ2n) is 4.30. The number of nitrogens with two attached hydrogens (primary N) is 1. The van der Waals surface area contributed by atoms with Crippen LogP contribution in [0.5, 0.6) is 0 Å². The fraction of sp³-hybridized carbons (Fsp3) is 0.133. The molecule has 0 saturated carbocycles. The summed E-state index contributed by atoms with van der Waals surface area (Å²) in [6, 6.07) is 10.6. The molecule has 2 aromatic rings. The Kier molecular flexibility index (Phi) is 4.30. The molecule has 0 fully saturated rings. The summed E-state index contributed by atoms with van der Waals surface area (Å²) < 4.78 is 31.2. The first-order valence-corrected chi connectivity index (χ1v) is 5.99. The lowest BCUT2D eigenvalue weighted by atomic mass is 10.1. The standard InChI is InChI=1S/C15H13F2NO2/c16-13-6-2-4-11(15(13)17)9-20-14(19)8-10-3-1-5-12(18)7-10/h1-7H,8-9,18H2. The maximum atomic E-state index is 13.3. The number of benzene rings is 2. The van der Waals surface area contributed by atoms with E-state index in [0.29, 0.717) is 11.3 Å². The highest BCUT2D eigenvalue weighted by molar-refractivity contribution is 5.73. The fourth-order valence-electron chi connectivity index (χ4n) is 1.74. The molecule has 0 aromatic heterocycles. The number of ether oxygens (including phenoxy) is 1. The maximum Gasteiger partial charge on any atom is 0.310 e. The van der Waals surface area contributed by atoms with E-state index in [9.17, 15) is 13.6 Å². The van der Waals surface area contributed by atoms with Crippen LogP contribution in [0.2, 0.25) is 0 Å². The molecule has 0 aliphatic carbocycles. The smallest absolute Gasteiger partial charge is 0.310 e. The van der Waals surface area contributed by atoms with Gasteiger partial charge in [-0.2, -0.15) is 0 Å². The molecule has 0 aliphatic rings. The monoisotopic (exact) mass is 277 g/mol.